The van der Waals surface area contributed by atoms with E-state index in [1.54, 1.807) is 30.3 Å². The first-order valence-corrected chi connectivity index (χ1v) is 10.0. The smallest absolute Gasteiger partial charge is 0.270 e. The quantitative estimate of drug-likeness (QED) is 0.307. The Balaban J connectivity index is 1.73. The molecular weight excluding hydrogens is 455 g/mol. The lowest BCUT2D eigenvalue weighted by Gasteiger charge is -2.32. The molecule has 2 saturated heterocycles. The fourth-order valence-corrected chi connectivity index (χ4v) is 3.82. The van der Waals surface area contributed by atoms with Gasteiger partial charge in [0.15, 0.2) is 10.2 Å². The second kappa shape index (κ2) is 8.36. The monoisotopic (exact) mass is 468 g/mol. The fourth-order valence-electron chi connectivity index (χ4n) is 3.25. The molecule has 4 rings (SSSR count). The van der Waals surface area contributed by atoms with E-state index < -0.39 is 40.9 Å². The molecule has 8 nitrogen and oxygen atoms in total. The van der Waals surface area contributed by atoms with E-state index in [4.69, 9.17) is 24.4 Å². The maximum atomic E-state index is 14.3. The van der Waals surface area contributed by atoms with Gasteiger partial charge in [-0.15, -0.1) is 0 Å². The van der Waals surface area contributed by atoms with E-state index in [0.29, 0.717) is 5.69 Å². The molecule has 4 amide bonds. The first kappa shape index (κ1) is 21.4. The predicted octanol–water partition coefficient (Wildman–Crippen LogP) is 1.56. The number of nitrogens with one attached hydrogen (secondary N) is 2. The van der Waals surface area contributed by atoms with Gasteiger partial charge < -0.3 is 5.32 Å². The Morgan fingerprint density at radius 1 is 0.844 bits per heavy atom. The Morgan fingerprint density at radius 3 is 2.16 bits per heavy atom. The molecule has 0 spiro atoms. The number of carbonyl (C=O) groups excluding carboxylic acids is 4. The Hall–Kier alpha value is -3.83. The average molecular weight is 468 g/mol. The van der Waals surface area contributed by atoms with Gasteiger partial charge in [-0.3, -0.25) is 29.4 Å². The van der Waals surface area contributed by atoms with Crippen molar-refractivity contribution in [1.82, 2.24) is 10.6 Å². The number of carbonyl (C=O) groups is 4. The van der Waals surface area contributed by atoms with Crippen LogP contribution in [0.5, 0.6) is 0 Å². The first-order chi connectivity index (χ1) is 15.3. The van der Waals surface area contributed by atoms with Crippen LogP contribution in [-0.4, -0.2) is 33.9 Å². The first-order valence-electron chi connectivity index (χ1n) is 9.19. The van der Waals surface area contributed by atoms with Gasteiger partial charge in [0.1, 0.15) is 17.3 Å². The third kappa shape index (κ3) is 3.67. The molecule has 0 aliphatic carbocycles. The van der Waals surface area contributed by atoms with E-state index in [9.17, 15) is 23.6 Å². The summed E-state index contributed by atoms with van der Waals surface area (Å²) in [5.74, 6) is -5.70. The molecule has 160 valence electrons. The number of nitrogens with zero attached hydrogens (tertiary/aromatic N) is 2. The molecule has 2 aromatic rings. The maximum Gasteiger partial charge on any atom is 0.270 e. The van der Waals surface area contributed by atoms with Crippen molar-refractivity contribution in [3.05, 3.63) is 72.1 Å². The Labute approximate surface area is 191 Å². The number of hydrogen-bond donors (Lipinski definition) is 2. The third-order valence-corrected chi connectivity index (χ3v) is 5.31. The van der Waals surface area contributed by atoms with Gasteiger partial charge in [0.2, 0.25) is 11.8 Å². The van der Waals surface area contributed by atoms with Crippen molar-refractivity contribution in [3.63, 3.8) is 0 Å². The summed E-state index contributed by atoms with van der Waals surface area (Å²) in [5.41, 5.74) is -0.310. The minimum atomic E-state index is -1.53. The van der Waals surface area contributed by atoms with Crippen molar-refractivity contribution in [2.24, 2.45) is 5.92 Å². The molecule has 0 radical (unpaired) electrons. The van der Waals surface area contributed by atoms with E-state index in [1.165, 1.54) is 18.2 Å². The highest BCUT2D eigenvalue weighted by Crippen LogP contribution is 2.26. The second-order valence-electron chi connectivity index (χ2n) is 6.71. The fraction of sp³-hybridized carbons (Fsp3) is 0.0476. The number of rotatable bonds is 3. The molecule has 2 aliphatic rings. The summed E-state index contributed by atoms with van der Waals surface area (Å²) in [6.45, 7) is 0. The van der Waals surface area contributed by atoms with Crippen LogP contribution in [0.2, 0.25) is 0 Å². The van der Waals surface area contributed by atoms with Gasteiger partial charge in [-0.1, -0.05) is 30.3 Å². The van der Waals surface area contributed by atoms with Crippen LogP contribution in [0.3, 0.4) is 0 Å². The van der Waals surface area contributed by atoms with E-state index in [1.807, 2.05) is 0 Å². The summed E-state index contributed by atoms with van der Waals surface area (Å²) < 4.78 is 14.3. The zero-order valence-corrected chi connectivity index (χ0v) is 17.7. The lowest BCUT2D eigenvalue weighted by Crippen LogP contribution is -2.59. The summed E-state index contributed by atoms with van der Waals surface area (Å²) in [7, 11) is 0. The van der Waals surface area contributed by atoms with Crippen LogP contribution in [0, 0.1) is 11.7 Å². The van der Waals surface area contributed by atoms with Crippen molar-refractivity contribution >= 4 is 69.7 Å². The SMILES string of the molecule is O=C1NC(=S)N(c2ccccc2F)C(=O)/C1=C/[C@@H]1C(=O)NC(=S)N(c2ccccc2)C1=O. The van der Waals surface area contributed by atoms with Crippen LogP contribution in [-0.2, 0) is 19.2 Å². The highest BCUT2D eigenvalue weighted by atomic mass is 32.1. The summed E-state index contributed by atoms with van der Waals surface area (Å²) in [6, 6.07) is 13.7. The minimum Gasteiger partial charge on any atom is -0.301 e. The number of anilines is 2. The molecule has 0 aromatic heterocycles. The second-order valence-corrected chi connectivity index (χ2v) is 7.49. The van der Waals surface area contributed by atoms with Gasteiger partial charge in [-0.25, -0.2) is 9.29 Å². The van der Waals surface area contributed by atoms with Gasteiger partial charge in [0.25, 0.3) is 11.8 Å². The Kier molecular flexibility index (Phi) is 5.59. The molecule has 0 bridgehead atoms. The number of benzene rings is 2. The lowest BCUT2D eigenvalue weighted by molar-refractivity contribution is -0.131. The topological polar surface area (TPSA) is 98.8 Å². The zero-order chi connectivity index (χ0) is 23.0. The number of amides is 4. The third-order valence-electron chi connectivity index (χ3n) is 4.74. The van der Waals surface area contributed by atoms with Crippen LogP contribution in [0.15, 0.2) is 66.2 Å². The molecule has 32 heavy (non-hydrogen) atoms. The number of thiocarbonyl (C=S) groups is 2. The molecule has 2 aliphatic heterocycles. The summed E-state index contributed by atoms with van der Waals surface area (Å²) in [6.07, 6.45) is 0.933. The van der Waals surface area contributed by atoms with Gasteiger partial charge >= 0.3 is 0 Å². The predicted molar refractivity (Wildman–Crippen MR) is 121 cm³/mol. The number of hydrogen-bond acceptors (Lipinski definition) is 6. The van der Waals surface area contributed by atoms with Gasteiger partial charge in [0.05, 0.1) is 11.4 Å². The Morgan fingerprint density at radius 2 is 1.47 bits per heavy atom. The molecule has 2 fully saturated rings. The normalized spacial score (nSPS) is 20.5. The van der Waals surface area contributed by atoms with E-state index in [2.05, 4.69) is 10.6 Å². The molecule has 0 saturated carbocycles. The Bertz CT molecular complexity index is 1230. The molecular formula is C21H13FN4O4S2. The molecule has 0 unspecified atom stereocenters. The van der Waals surface area contributed by atoms with E-state index in [-0.39, 0.29) is 15.9 Å². The van der Waals surface area contributed by atoms with E-state index >= 15 is 0 Å². The van der Waals surface area contributed by atoms with Crippen LogP contribution < -0.4 is 20.4 Å². The standard InChI is InChI=1S/C21H13FN4O4S2/c22-14-8-4-5-9-15(14)26-19(30)13(17(28)24-21(26)32)10-12-16(27)23-20(31)25(18(12)29)11-6-2-1-3-7-11/h1-10,12H,(H,23,27,31)(H,24,28,32)/b13-10+/t12-/m1/s1. The van der Waals surface area contributed by atoms with Gasteiger partial charge in [-0.2, -0.15) is 0 Å². The highest BCUT2D eigenvalue weighted by molar-refractivity contribution is 7.80. The number of halogens is 1. The summed E-state index contributed by atoms with van der Waals surface area (Å²) in [5, 5.41) is 4.23. The maximum absolute atomic E-state index is 14.3. The molecule has 2 N–H and O–H groups in total. The molecule has 2 heterocycles. The largest absolute Gasteiger partial charge is 0.301 e. The lowest BCUT2D eigenvalue weighted by atomic mass is 9.98. The van der Waals surface area contributed by atoms with Crippen LogP contribution in [0.4, 0.5) is 15.8 Å². The van der Waals surface area contributed by atoms with Crippen molar-refractivity contribution < 1.29 is 23.6 Å². The van der Waals surface area contributed by atoms with Crippen molar-refractivity contribution in [1.29, 1.82) is 0 Å². The molecule has 11 heteroatoms. The van der Waals surface area contributed by atoms with Crippen molar-refractivity contribution in [3.8, 4) is 0 Å². The molecule has 1 atom stereocenters. The summed E-state index contributed by atoms with van der Waals surface area (Å²) >= 11 is 10.2. The molecule has 2 aromatic carbocycles. The average Bonchev–Trinajstić information content (AvgIpc) is 2.75. The minimum absolute atomic E-state index is 0.130. The number of para-hydroxylation sites is 2. The highest BCUT2D eigenvalue weighted by Gasteiger charge is 2.42. The summed E-state index contributed by atoms with van der Waals surface area (Å²) in [4.78, 5) is 53.1. The van der Waals surface area contributed by atoms with Crippen molar-refractivity contribution in [2.45, 2.75) is 0 Å². The zero-order valence-electron chi connectivity index (χ0n) is 16.1. The van der Waals surface area contributed by atoms with Gasteiger partial charge in [-0.05, 0) is 54.8 Å². The van der Waals surface area contributed by atoms with Crippen LogP contribution in [0.1, 0.15) is 0 Å². The van der Waals surface area contributed by atoms with Crippen LogP contribution >= 0.6 is 24.4 Å². The van der Waals surface area contributed by atoms with E-state index in [0.717, 1.165) is 21.9 Å². The van der Waals surface area contributed by atoms with Crippen LogP contribution in [0.25, 0.3) is 0 Å². The van der Waals surface area contributed by atoms with Crippen molar-refractivity contribution in [2.75, 3.05) is 9.80 Å². The van der Waals surface area contributed by atoms with Gasteiger partial charge in [0, 0.05) is 0 Å².